The molecule has 0 aliphatic carbocycles. The Kier molecular flexibility index (Phi) is 3.69. The van der Waals surface area contributed by atoms with Crippen LogP contribution in [0.1, 0.15) is 29.6 Å². The van der Waals surface area contributed by atoms with Crippen LogP contribution in [0.4, 0.5) is 0 Å². The van der Waals surface area contributed by atoms with Gasteiger partial charge in [0.2, 0.25) is 5.91 Å². The van der Waals surface area contributed by atoms with E-state index in [0.717, 1.165) is 12.8 Å². The van der Waals surface area contributed by atoms with Gasteiger partial charge in [0.1, 0.15) is 0 Å². The van der Waals surface area contributed by atoms with Gasteiger partial charge in [-0.1, -0.05) is 0 Å². The third-order valence-corrected chi connectivity index (χ3v) is 2.74. The minimum absolute atomic E-state index is 0.000938. The summed E-state index contributed by atoms with van der Waals surface area (Å²) in [7, 11) is 0. The molecule has 1 aliphatic heterocycles. The molecule has 1 unspecified atom stereocenters. The van der Waals surface area contributed by atoms with E-state index < -0.39 is 0 Å². The molecule has 1 fully saturated rings. The summed E-state index contributed by atoms with van der Waals surface area (Å²) in [5.74, 6) is -0.170. The first-order chi connectivity index (χ1) is 8.25. The van der Waals surface area contributed by atoms with Crippen molar-refractivity contribution in [2.24, 2.45) is 0 Å². The Morgan fingerprint density at radius 3 is 3.18 bits per heavy atom. The zero-order chi connectivity index (χ0) is 12.1. The van der Waals surface area contributed by atoms with Crippen molar-refractivity contribution in [1.82, 2.24) is 15.6 Å². The quantitative estimate of drug-likeness (QED) is 0.780. The molecule has 2 heterocycles. The van der Waals surface area contributed by atoms with Crippen LogP contribution in [0.25, 0.3) is 0 Å². The summed E-state index contributed by atoms with van der Waals surface area (Å²) in [6, 6.07) is 3.35. The first-order valence-corrected chi connectivity index (χ1v) is 5.73. The van der Waals surface area contributed by atoms with E-state index in [9.17, 15) is 9.59 Å². The summed E-state index contributed by atoms with van der Waals surface area (Å²) in [5.41, 5.74) is 0.525. The van der Waals surface area contributed by atoms with Crippen molar-refractivity contribution in [1.29, 1.82) is 0 Å². The number of aromatic nitrogens is 1. The number of carbonyl (C=O) groups is 2. The predicted octanol–water partition coefficient (Wildman–Crippen LogP) is 0.480. The van der Waals surface area contributed by atoms with Crippen LogP contribution in [0, 0.1) is 0 Å². The van der Waals surface area contributed by atoms with E-state index in [-0.39, 0.29) is 17.9 Å². The normalized spacial score (nSPS) is 20.2. The largest absolute Gasteiger partial charge is 0.356 e. The summed E-state index contributed by atoms with van der Waals surface area (Å²) in [5, 5.41) is 5.65. The van der Waals surface area contributed by atoms with Crippen molar-refractivity contribution < 1.29 is 9.59 Å². The standard InChI is InChI=1S/C12H15N3O2/c16-11-7-10(4-2-6-14-11)15-12(17)9-3-1-5-13-8-9/h1,3,5,8,10H,2,4,6-7H2,(H,14,16)(H,15,17). The van der Waals surface area contributed by atoms with E-state index in [1.54, 1.807) is 18.3 Å². The van der Waals surface area contributed by atoms with E-state index in [1.807, 2.05) is 0 Å². The lowest BCUT2D eigenvalue weighted by molar-refractivity contribution is -0.121. The summed E-state index contributed by atoms with van der Waals surface area (Å²) in [4.78, 5) is 27.1. The molecular weight excluding hydrogens is 218 g/mol. The van der Waals surface area contributed by atoms with E-state index in [4.69, 9.17) is 0 Å². The molecule has 0 saturated carbocycles. The molecule has 0 radical (unpaired) electrons. The molecular formula is C12H15N3O2. The summed E-state index contributed by atoms with van der Waals surface area (Å²) < 4.78 is 0. The van der Waals surface area contributed by atoms with Crippen LogP contribution < -0.4 is 10.6 Å². The number of rotatable bonds is 2. The molecule has 1 aromatic rings. The minimum atomic E-state index is -0.169. The fraction of sp³-hybridized carbons (Fsp3) is 0.417. The molecule has 2 amide bonds. The van der Waals surface area contributed by atoms with Crippen molar-refractivity contribution in [3.63, 3.8) is 0 Å². The van der Waals surface area contributed by atoms with Gasteiger partial charge in [-0.05, 0) is 25.0 Å². The Morgan fingerprint density at radius 1 is 1.53 bits per heavy atom. The Hall–Kier alpha value is -1.91. The molecule has 0 aromatic carbocycles. The first kappa shape index (κ1) is 11.6. The highest BCUT2D eigenvalue weighted by molar-refractivity contribution is 5.94. The molecule has 1 aromatic heterocycles. The Morgan fingerprint density at radius 2 is 2.41 bits per heavy atom. The topological polar surface area (TPSA) is 71.1 Å². The molecule has 0 bridgehead atoms. The molecule has 5 nitrogen and oxygen atoms in total. The molecule has 1 atom stereocenters. The van der Waals surface area contributed by atoms with Crippen molar-refractivity contribution >= 4 is 11.8 Å². The van der Waals surface area contributed by atoms with E-state index in [2.05, 4.69) is 15.6 Å². The third-order valence-electron chi connectivity index (χ3n) is 2.74. The minimum Gasteiger partial charge on any atom is -0.356 e. The summed E-state index contributed by atoms with van der Waals surface area (Å²) >= 11 is 0. The van der Waals surface area contributed by atoms with Crippen molar-refractivity contribution in [3.8, 4) is 0 Å². The number of amides is 2. The maximum absolute atomic E-state index is 11.8. The molecule has 1 aliphatic rings. The SMILES string of the molecule is O=C1CC(NC(=O)c2cccnc2)CCCN1. The van der Waals surface area contributed by atoms with Crippen LogP contribution in [0.3, 0.4) is 0 Å². The number of pyridine rings is 1. The van der Waals surface area contributed by atoms with Crippen LogP contribution in [0.5, 0.6) is 0 Å². The van der Waals surface area contributed by atoms with Crippen molar-refractivity contribution in [2.75, 3.05) is 6.54 Å². The molecule has 5 heteroatoms. The van der Waals surface area contributed by atoms with Crippen LogP contribution in [0.15, 0.2) is 24.5 Å². The summed E-state index contributed by atoms with van der Waals surface area (Å²) in [6.07, 6.45) is 5.21. The smallest absolute Gasteiger partial charge is 0.253 e. The molecule has 2 N–H and O–H groups in total. The monoisotopic (exact) mass is 233 g/mol. The maximum Gasteiger partial charge on any atom is 0.253 e. The van der Waals surface area contributed by atoms with Crippen molar-refractivity contribution in [3.05, 3.63) is 30.1 Å². The van der Waals surface area contributed by atoms with Gasteiger partial charge in [-0.2, -0.15) is 0 Å². The van der Waals surface area contributed by atoms with E-state index in [1.165, 1.54) is 6.20 Å². The van der Waals surface area contributed by atoms with Gasteiger partial charge in [-0.15, -0.1) is 0 Å². The third kappa shape index (κ3) is 3.27. The Balaban J connectivity index is 1.96. The Bertz CT molecular complexity index is 405. The van der Waals surface area contributed by atoms with Gasteiger partial charge in [-0.25, -0.2) is 0 Å². The highest BCUT2D eigenvalue weighted by atomic mass is 16.2. The maximum atomic E-state index is 11.8. The van der Waals surface area contributed by atoms with Crippen molar-refractivity contribution in [2.45, 2.75) is 25.3 Å². The van der Waals surface area contributed by atoms with Crippen LogP contribution in [-0.4, -0.2) is 29.4 Å². The molecule has 0 spiro atoms. The van der Waals surface area contributed by atoms with Gasteiger partial charge in [0.25, 0.3) is 5.91 Å². The Labute approximate surface area is 99.6 Å². The zero-order valence-corrected chi connectivity index (χ0v) is 9.48. The second kappa shape index (κ2) is 5.43. The lowest BCUT2D eigenvalue weighted by Crippen LogP contribution is -2.36. The van der Waals surface area contributed by atoms with Crippen LogP contribution >= 0.6 is 0 Å². The van der Waals surface area contributed by atoms with Gasteiger partial charge >= 0.3 is 0 Å². The predicted molar refractivity (Wildman–Crippen MR) is 62.4 cm³/mol. The highest BCUT2D eigenvalue weighted by Crippen LogP contribution is 2.07. The number of nitrogens with one attached hydrogen (secondary N) is 2. The average Bonchev–Trinajstić information content (AvgIpc) is 2.55. The number of hydrogen-bond donors (Lipinski definition) is 2. The van der Waals surface area contributed by atoms with E-state index in [0.29, 0.717) is 18.5 Å². The molecule has 90 valence electrons. The number of nitrogens with zero attached hydrogens (tertiary/aromatic N) is 1. The van der Waals surface area contributed by atoms with Gasteiger partial charge in [0.15, 0.2) is 0 Å². The number of hydrogen-bond acceptors (Lipinski definition) is 3. The summed E-state index contributed by atoms with van der Waals surface area (Å²) in [6.45, 7) is 0.693. The first-order valence-electron chi connectivity index (χ1n) is 5.73. The van der Waals surface area contributed by atoms with Crippen LogP contribution in [0.2, 0.25) is 0 Å². The van der Waals surface area contributed by atoms with Gasteiger partial charge in [0.05, 0.1) is 5.56 Å². The van der Waals surface area contributed by atoms with Gasteiger partial charge < -0.3 is 10.6 Å². The lowest BCUT2D eigenvalue weighted by atomic mass is 10.1. The fourth-order valence-corrected chi connectivity index (χ4v) is 1.86. The second-order valence-electron chi connectivity index (χ2n) is 4.11. The van der Waals surface area contributed by atoms with Gasteiger partial charge in [0, 0.05) is 31.4 Å². The average molecular weight is 233 g/mol. The van der Waals surface area contributed by atoms with E-state index >= 15 is 0 Å². The number of carbonyl (C=O) groups excluding carboxylic acids is 2. The van der Waals surface area contributed by atoms with Crippen LogP contribution in [-0.2, 0) is 4.79 Å². The fourth-order valence-electron chi connectivity index (χ4n) is 1.86. The molecule has 17 heavy (non-hydrogen) atoms. The highest BCUT2D eigenvalue weighted by Gasteiger charge is 2.19. The molecule has 1 saturated heterocycles. The lowest BCUT2D eigenvalue weighted by Gasteiger charge is -2.14. The molecule has 2 rings (SSSR count). The van der Waals surface area contributed by atoms with Gasteiger partial charge in [-0.3, -0.25) is 14.6 Å². The zero-order valence-electron chi connectivity index (χ0n) is 9.48. The second-order valence-corrected chi connectivity index (χ2v) is 4.11.